The molecule has 0 fully saturated rings. The van der Waals surface area contributed by atoms with E-state index in [1.54, 1.807) is 31.2 Å². The first-order valence-electron chi connectivity index (χ1n) is 7.51. The Morgan fingerprint density at radius 2 is 1.85 bits per heavy atom. The van der Waals surface area contributed by atoms with Gasteiger partial charge in [0, 0.05) is 12.1 Å². The predicted octanol–water partition coefficient (Wildman–Crippen LogP) is 2.76. The summed E-state index contributed by atoms with van der Waals surface area (Å²) in [5.74, 6) is -0.962. The molecule has 1 amide bonds. The zero-order chi connectivity index (χ0) is 19.1. The van der Waals surface area contributed by atoms with Crippen molar-refractivity contribution in [3.05, 3.63) is 54.1 Å². The van der Waals surface area contributed by atoms with Crippen molar-refractivity contribution in [2.24, 2.45) is 0 Å². The fraction of sp³-hybridized carbons (Fsp3) is 0.176. The second kappa shape index (κ2) is 8.95. The maximum Gasteiger partial charge on any atom is 0.279 e. The lowest BCUT2D eigenvalue weighted by Crippen LogP contribution is -2.48. The predicted molar refractivity (Wildman–Crippen MR) is 96.9 cm³/mol. The van der Waals surface area contributed by atoms with Gasteiger partial charge in [-0.3, -0.25) is 15.6 Å². The van der Waals surface area contributed by atoms with Crippen molar-refractivity contribution in [3.8, 4) is 11.5 Å². The van der Waals surface area contributed by atoms with Gasteiger partial charge in [0.2, 0.25) is 0 Å². The van der Waals surface area contributed by atoms with Crippen molar-refractivity contribution in [1.82, 2.24) is 10.9 Å². The largest absolute Gasteiger partial charge is 0.497 e. The van der Waals surface area contributed by atoms with Crippen LogP contribution in [0.15, 0.2) is 42.5 Å². The standard InChI is InChI=1S/C17H17F2N3O3S/c1-10(25-13-5-3-4-12(9-13)24-2)16(23)21-22-17(26)20-15-7-6-11(18)8-14(15)19/h3-10H,1-2H3,(H,21,23)(H2,20,22,26)/t10-/m1/s1. The number of anilines is 1. The Hall–Kier alpha value is -2.94. The van der Waals surface area contributed by atoms with Gasteiger partial charge in [-0.25, -0.2) is 8.78 Å². The molecule has 3 N–H and O–H groups in total. The molecule has 0 aliphatic heterocycles. The number of carbonyl (C=O) groups excluding carboxylic acids is 1. The number of nitrogens with one attached hydrogen (secondary N) is 3. The molecule has 0 aromatic heterocycles. The zero-order valence-corrected chi connectivity index (χ0v) is 14.8. The summed E-state index contributed by atoms with van der Waals surface area (Å²) < 4.78 is 37.0. The Morgan fingerprint density at radius 1 is 1.12 bits per heavy atom. The molecule has 0 spiro atoms. The molecule has 0 heterocycles. The third-order valence-corrected chi connectivity index (χ3v) is 3.41. The van der Waals surface area contributed by atoms with E-state index in [9.17, 15) is 13.6 Å². The number of methoxy groups -OCH3 is 1. The summed E-state index contributed by atoms with van der Waals surface area (Å²) in [5, 5.41) is 2.43. The number of amides is 1. The number of rotatable bonds is 5. The van der Waals surface area contributed by atoms with Crippen LogP contribution >= 0.6 is 12.2 Å². The van der Waals surface area contributed by atoms with Crippen LogP contribution in [0.5, 0.6) is 11.5 Å². The van der Waals surface area contributed by atoms with Gasteiger partial charge in [-0.15, -0.1) is 0 Å². The van der Waals surface area contributed by atoms with Crippen LogP contribution < -0.4 is 25.6 Å². The zero-order valence-electron chi connectivity index (χ0n) is 14.0. The number of thiocarbonyl (C=S) groups is 1. The van der Waals surface area contributed by atoms with E-state index >= 15 is 0 Å². The van der Waals surface area contributed by atoms with Crippen LogP contribution in [0.2, 0.25) is 0 Å². The van der Waals surface area contributed by atoms with E-state index in [-0.39, 0.29) is 10.8 Å². The number of ether oxygens (including phenoxy) is 2. The highest BCUT2D eigenvalue weighted by Crippen LogP contribution is 2.20. The van der Waals surface area contributed by atoms with Crippen LogP contribution in [0.4, 0.5) is 14.5 Å². The number of halogens is 2. The molecular weight excluding hydrogens is 364 g/mol. The molecule has 6 nitrogen and oxygen atoms in total. The lowest BCUT2D eigenvalue weighted by molar-refractivity contribution is -0.127. The van der Waals surface area contributed by atoms with Crippen molar-refractivity contribution in [2.75, 3.05) is 12.4 Å². The van der Waals surface area contributed by atoms with Crippen LogP contribution in [-0.4, -0.2) is 24.2 Å². The van der Waals surface area contributed by atoms with Gasteiger partial charge in [-0.2, -0.15) is 0 Å². The summed E-state index contributed by atoms with van der Waals surface area (Å²) in [6.45, 7) is 1.55. The van der Waals surface area contributed by atoms with Crippen molar-refractivity contribution < 1.29 is 23.0 Å². The summed E-state index contributed by atoms with van der Waals surface area (Å²) in [4.78, 5) is 12.0. The molecule has 0 bridgehead atoms. The molecule has 2 aromatic carbocycles. The summed E-state index contributed by atoms with van der Waals surface area (Å²) in [7, 11) is 1.52. The molecule has 0 aliphatic carbocycles. The Balaban J connectivity index is 1.83. The number of benzene rings is 2. The lowest BCUT2D eigenvalue weighted by atomic mass is 10.3. The summed E-state index contributed by atoms with van der Waals surface area (Å²) in [5.41, 5.74) is 4.73. The van der Waals surface area contributed by atoms with Crippen molar-refractivity contribution in [1.29, 1.82) is 0 Å². The first kappa shape index (κ1) is 19.4. The molecule has 0 unspecified atom stereocenters. The molecule has 9 heteroatoms. The van der Waals surface area contributed by atoms with Crippen LogP contribution in [0, 0.1) is 11.6 Å². The molecule has 0 saturated carbocycles. The van der Waals surface area contributed by atoms with Crippen molar-refractivity contribution in [3.63, 3.8) is 0 Å². The SMILES string of the molecule is COc1cccc(O[C@H](C)C(=O)NNC(=S)Nc2ccc(F)cc2F)c1. The molecule has 26 heavy (non-hydrogen) atoms. The second-order valence-corrected chi connectivity index (χ2v) is 5.54. The minimum Gasteiger partial charge on any atom is -0.497 e. The maximum atomic E-state index is 13.5. The minimum absolute atomic E-state index is 0.0289. The smallest absolute Gasteiger partial charge is 0.279 e. The number of hydrogen-bond acceptors (Lipinski definition) is 4. The van der Waals surface area contributed by atoms with Crippen LogP contribution in [-0.2, 0) is 4.79 Å². The lowest BCUT2D eigenvalue weighted by Gasteiger charge is -2.17. The Kier molecular flexibility index (Phi) is 6.67. The van der Waals surface area contributed by atoms with Crippen molar-refractivity contribution in [2.45, 2.75) is 13.0 Å². The van der Waals surface area contributed by atoms with E-state index in [0.717, 1.165) is 6.07 Å². The van der Waals surface area contributed by atoms with E-state index in [4.69, 9.17) is 21.7 Å². The normalized spacial score (nSPS) is 11.2. The highest BCUT2D eigenvalue weighted by atomic mass is 32.1. The summed E-state index contributed by atoms with van der Waals surface area (Å²) >= 11 is 4.94. The fourth-order valence-electron chi connectivity index (χ4n) is 1.90. The molecule has 0 aliphatic rings. The fourth-order valence-corrected chi connectivity index (χ4v) is 2.06. The van der Waals surface area contributed by atoms with E-state index in [2.05, 4.69) is 16.2 Å². The Labute approximate surface area is 154 Å². The van der Waals surface area contributed by atoms with E-state index < -0.39 is 23.6 Å². The number of hydrazine groups is 1. The van der Waals surface area contributed by atoms with Gasteiger partial charge in [0.1, 0.15) is 23.1 Å². The third-order valence-electron chi connectivity index (χ3n) is 3.20. The van der Waals surface area contributed by atoms with Crippen molar-refractivity contribution >= 4 is 28.9 Å². The van der Waals surface area contributed by atoms with Gasteiger partial charge in [0.05, 0.1) is 12.8 Å². The average Bonchev–Trinajstić information content (AvgIpc) is 2.62. The molecule has 138 valence electrons. The summed E-state index contributed by atoms with van der Waals surface area (Å²) in [6.07, 6.45) is -0.833. The van der Waals surface area contributed by atoms with Crippen LogP contribution in [0.25, 0.3) is 0 Å². The number of hydrogen-bond donors (Lipinski definition) is 3. The summed E-state index contributed by atoms with van der Waals surface area (Å²) in [6, 6.07) is 9.79. The van der Waals surface area contributed by atoms with Gasteiger partial charge >= 0.3 is 0 Å². The van der Waals surface area contributed by atoms with Crippen LogP contribution in [0.1, 0.15) is 6.92 Å². The average molecular weight is 381 g/mol. The molecule has 2 aromatic rings. The Bertz CT molecular complexity index is 805. The second-order valence-electron chi connectivity index (χ2n) is 5.13. The third kappa shape index (κ3) is 5.55. The number of carbonyl (C=O) groups is 1. The van der Waals surface area contributed by atoms with Gasteiger partial charge in [-0.05, 0) is 43.4 Å². The van der Waals surface area contributed by atoms with Gasteiger partial charge in [-0.1, -0.05) is 6.07 Å². The monoisotopic (exact) mass is 381 g/mol. The van der Waals surface area contributed by atoms with E-state index in [1.807, 2.05) is 0 Å². The maximum absolute atomic E-state index is 13.5. The molecule has 2 rings (SSSR count). The Morgan fingerprint density at radius 3 is 2.54 bits per heavy atom. The minimum atomic E-state index is -0.833. The first-order chi connectivity index (χ1) is 12.4. The van der Waals surface area contributed by atoms with E-state index in [0.29, 0.717) is 17.6 Å². The van der Waals surface area contributed by atoms with Crippen LogP contribution in [0.3, 0.4) is 0 Å². The molecular formula is C17H17F2N3O3S. The quantitative estimate of drug-likeness (QED) is 0.547. The molecule has 0 saturated heterocycles. The van der Waals surface area contributed by atoms with E-state index in [1.165, 1.54) is 13.2 Å². The molecule has 1 atom stereocenters. The molecule has 0 radical (unpaired) electrons. The van der Waals surface area contributed by atoms with Gasteiger partial charge in [0.25, 0.3) is 5.91 Å². The topological polar surface area (TPSA) is 71.6 Å². The van der Waals surface area contributed by atoms with Gasteiger partial charge < -0.3 is 14.8 Å². The highest BCUT2D eigenvalue weighted by molar-refractivity contribution is 7.80. The van der Waals surface area contributed by atoms with Gasteiger partial charge in [0.15, 0.2) is 11.2 Å². The first-order valence-corrected chi connectivity index (χ1v) is 7.92. The highest BCUT2D eigenvalue weighted by Gasteiger charge is 2.15.